The molecule has 0 radical (unpaired) electrons. The molecule has 2 aliphatic rings. The SMILES string of the molecule is Cc1c(Br)ccc2c3oc(CCl)nc3c(=O)n(C3CC3)c12.Cc1c(Br)ccc2c3oc(CN(C)C)nc3c(=O)n(C3CC3)c12. The Morgan fingerprint density at radius 3 is 1.64 bits per heavy atom. The van der Waals surface area contributed by atoms with E-state index in [9.17, 15) is 9.59 Å². The van der Waals surface area contributed by atoms with E-state index >= 15 is 0 Å². The Bertz CT molecular complexity index is 2240. The molecule has 6 aromatic rings. The average Bonchev–Trinajstić information content (AvgIpc) is 3.92. The molecule has 2 aromatic carbocycles. The molecule has 2 saturated carbocycles. The monoisotopic (exact) mass is 741 g/mol. The Balaban J connectivity index is 0.000000143. The first kappa shape index (κ1) is 29.7. The van der Waals surface area contributed by atoms with Gasteiger partial charge < -0.3 is 22.9 Å². The van der Waals surface area contributed by atoms with Crippen LogP contribution in [0.1, 0.15) is 60.7 Å². The predicted molar refractivity (Wildman–Crippen MR) is 180 cm³/mol. The van der Waals surface area contributed by atoms with Gasteiger partial charge in [0.25, 0.3) is 11.1 Å². The Kier molecular flexibility index (Phi) is 7.50. The number of alkyl halides is 1. The van der Waals surface area contributed by atoms with Crippen LogP contribution in [0.2, 0.25) is 0 Å². The highest BCUT2D eigenvalue weighted by Crippen LogP contribution is 2.41. The van der Waals surface area contributed by atoms with Gasteiger partial charge in [-0.15, -0.1) is 11.6 Å². The molecule has 12 heteroatoms. The maximum Gasteiger partial charge on any atom is 0.281 e. The molecule has 0 atom stereocenters. The van der Waals surface area contributed by atoms with Gasteiger partial charge in [-0.25, -0.2) is 9.97 Å². The van der Waals surface area contributed by atoms with Gasteiger partial charge in [-0.05, 0) is 89.0 Å². The molecule has 0 bridgehead atoms. The van der Waals surface area contributed by atoms with Crippen molar-refractivity contribution in [2.45, 2.75) is 64.0 Å². The van der Waals surface area contributed by atoms with Crippen molar-refractivity contribution in [1.29, 1.82) is 0 Å². The van der Waals surface area contributed by atoms with Crippen molar-refractivity contribution < 1.29 is 8.83 Å². The zero-order chi connectivity index (χ0) is 31.0. The lowest BCUT2D eigenvalue weighted by atomic mass is 10.1. The molecule has 0 amide bonds. The van der Waals surface area contributed by atoms with E-state index in [1.165, 1.54) is 0 Å². The molecule has 0 aliphatic heterocycles. The summed E-state index contributed by atoms with van der Waals surface area (Å²) in [7, 11) is 3.91. The summed E-state index contributed by atoms with van der Waals surface area (Å²) in [6, 6.07) is 8.52. The zero-order valence-corrected chi connectivity index (χ0v) is 28.6. The molecule has 0 spiro atoms. The van der Waals surface area contributed by atoms with E-state index in [1.807, 2.05) is 66.2 Å². The minimum absolute atomic E-state index is 0.0371. The third-order valence-electron chi connectivity index (χ3n) is 8.28. The standard InChI is InChI=1S/C17H18BrN3O2.C15H12BrClN2O2/c1-9-12(18)7-6-11-15(9)21(10-4-5-10)17(22)14-16(11)23-13(19-14)8-20(2)3;1-7-10(16)5-4-9-13(7)19(8-2-3-8)15(20)12-14(9)21-11(6-17)18-12/h6-7,10H,4-5,8H2,1-3H3;4-5,8H,2-3,6H2,1H3. The molecular weight excluding hydrogens is 714 g/mol. The first-order valence-electron chi connectivity index (χ1n) is 14.5. The highest BCUT2D eigenvalue weighted by molar-refractivity contribution is 9.10. The van der Waals surface area contributed by atoms with Crippen LogP contribution in [0, 0.1) is 13.8 Å². The fourth-order valence-electron chi connectivity index (χ4n) is 5.91. The normalized spacial score (nSPS) is 15.2. The largest absolute Gasteiger partial charge is 0.438 e. The maximum atomic E-state index is 13.0. The van der Waals surface area contributed by atoms with Crippen LogP contribution >= 0.6 is 43.5 Å². The molecular formula is C32H30Br2ClN5O4. The first-order chi connectivity index (χ1) is 21.1. The fraction of sp³-hybridized carbons (Fsp3) is 0.375. The van der Waals surface area contributed by atoms with Crippen LogP contribution in [-0.2, 0) is 12.4 Å². The summed E-state index contributed by atoms with van der Waals surface area (Å²) in [6.07, 6.45) is 4.17. The lowest BCUT2D eigenvalue weighted by Gasteiger charge is -2.12. The van der Waals surface area contributed by atoms with Crippen molar-refractivity contribution in [2.75, 3.05) is 14.1 Å². The molecule has 2 fully saturated rings. The summed E-state index contributed by atoms with van der Waals surface area (Å²) in [5.74, 6) is 1.13. The van der Waals surface area contributed by atoms with Gasteiger partial charge in [0.1, 0.15) is 0 Å². The summed E-state index contributed by atoms with van der Waals surface area (Å²) in [5, 5.41) is 1.88. The van der Waals surface area contributed by atoms with Gasteiger partial charge in [0, 0.05) is 31.8 Å². The van der Waals surface area contributed by atoms with Crippen LogP contribution in [0.25, 0.3) is 44.0 Å². The topological polar surface area (TPSA) is 99.3 Å². The second kappa shape index (κ2) is 11.1. The van der Waals surface area contributed by atoms with Crippen LogP contribution in [0.15, 0.2) is 51.6 Å². The van der Waals surface area contributed by atoms with Crippen molar-refractivity contribution >= 4 is 87.5 Å². The number of halogens is 3. The summed E-state index contributed by atoms with van der Waals surface area (Å²) < 4.78 is 17.4. The van der Waals surface area contributed by atoms with Crippen molar-refractivity contribution in [3.05, 3.63) is 76.8 Å². The number of pyridine rings is 2. The number of benzene rings is 2. The molecule has 4 heterocycles. The Labute approximate surface area is 274 Å². The highest BCUT2D eigenvalue weighted by Gasteiger charge is 2.31. The van der Waals surface area contributed by atoms with Crippen molar-refractivity contribution in [3.63, 3.8) is 0 Å². The van der Waals surface area contributed by atoms with E-state index in [2.05, 4.69) is 41.8 Å². The third kappa shape index (κ3) is 4.92. The fourth-order valence-corrected chi connectivity index (χ4v) is 6.67. The van der Waals surface area contributed by atoms with E-state index < -0.39 is 0 Å². The number of hydrogen-bond donors (Lipinski definition) is 0. The smallest absolute Gasteiger partial charge is 0.281 e. The second-order valence-electron chi connectivity index (χ2n) is 11.9. The number of aromatic nitrogens is 4. The first-order valence-corrected chi connectivity index (χ1v) is 16.7. The second-order valence-corrected chi connectivity index (χ2v) is 13.9. The average molecular weight is 744 g/mol. The number of fused-ring (bicyclic) bond motifs is 6. The van der Waals surface area contributed by atoms with E-state index in [-0.39, 0.29) is 29.1 Å². The third-order valence-corrected chi connectivity index (χ3v) is 10.2. The Morgan fingerprint density at radius 2 is 1.23 bits per heavy atom. The van der Waals surface area contributed by atoms with Crippen LogP contribution in [-0.4, -0.2) is 38.1 Å². The van der Waals surface area contributed by atoms with Crippen molar-refractivity contribution in [3.8, 4) is 0 Å². The molecule has 9 nitrogen and oxygen atoms in total. The van der Waals surface area contributed by atoms with E-state index in [0.29, 0.717) is 40.5 Å². The quantitative estimate of drug-likeness (QED) is 0.166. The van der Waals surface area contributed by atoms with Gasteiger partial charge in [0.2, 0.25) is 11.8 Å². The van der Waals surface area contributed by atoms with Gasteiger partial charge in [0.05, 0.1) is 23.5 Å². The van der Waals surface area contributed by atoms with Gasteiger partial charge in [-0.2, -0.15) is 0 Å². The van der Waals surface area contributed by atoms with Gasteiger partial charge >= 0.3 is 0 Å². The zero-order valence-electron chi connectivity index (χ0n) is 24.7. The number of rotatable bonds is 5. The van der Waals surface area contributed by atoms with Gasteiger partial charge in [-0.3, -0.25) is 9.59 Å². The number of hydrogen-bond acceptors (Lipinski definition) is 7. The van der Waals surface area contributed by atoms with Crippen LogP contribution in [0.5, 0.6) is 0 Å². The minimum atomic E-state index is -0.0821. The van der Waals surface area contributed by atoms with Crippen molar-refractivity contribution in [1.82, 2.24) is 24.0 Å². The molecule has 4 aromatic heterocycles. The van der Waals surface area contributed by atoms with Gasteiger partial charge in [0.15, 0.2) is 22.2 Å². The maximum absolute atomic E-state index is 13.0. The molecule has 8 rings (SSSR count). The summed E-state index contributed by atoms with van der Waals surface area (Å²) >= 11 is 12.9. The predicted octanol–water partition coefficient (Wildman–Crippen LogP) is 7.90. The van der Waals surface area contributed by atoms with E-state index in [4.69, 9.17) is 20.4 Å². The highest BCUT2D eigenvalue weighted by atomic mass is 79.9. The molecule has 0 saturated heterocycles. The number of aryl methyl sites for hydroxylation is 2. The Hall–Kier alpha value is -2.99. The molecule has 228 valence electrons. The molecule has 44 heavy (non-hydrogen) atoms. The van der Waals surface area contributed by atoms with Gasteiger partial charge in [-0.1, -0.05) is 31.9 Å². The summed E-state index contributed by atoms with van der Waals surface area (Å²) in [6.45, 7) is 4.62. The number of oxazole rings is 2. The van der Waals surface area contributed by atoms with Crippen LogP contribution < -0.4 is 11.1 Å². The molecule has 0 unspecified atom stereocenters. The Morgan fingerprint density at radius 1 is 0.795 bits per heavy atom. The summed E-state index contributed by atoms with van der Waals surface area (Å²) in [5.41, 5.74) is 5.86. The lowest BCUT2D eigenvalue weighted by Crippen LogP contribution is -2.20. The van der Waals surface area contributed by atoms with Crippen LogP contribution in [0.4, 0.5) is 0 Å². The number of nitrogens with zero attached hydrogens (tertiary/aromatic N) is 5. The summed E-state index contributed by atoms with van der Waals surface area (Å²) in [4.78, 5) is 36.5. The minimum Gasteiger partial charge on any atom is -0.438 e. The molecule has 0 N–H and O–H groups in total. The molecule has 2 aliphatic carbocycles. The van der Waals surface area contributed by atoms with Crippen molar-refractivity contribution in [2.24, 2.45) is 0 Å². The van der Waals surface area contributed by atoms with E-state index in [0.717, 1.165) is 67.6 Å². The van der Waals surface area contributed by atoms with Crippen LogP contribution in [0.3, 0.4) is 0 Å². The van der Waals surface area contributed by atoms with E-state index in [1.54, 1.807) is 0 Å². The lowest BCUT2D eigenvalue weighted by molar-refractivity contribution is 0.349.